The maximum absolute atomic E-state index is 3.64. The van der Waals surface area contributed by atoms with Crippen LogP contribution in [0.25, 0.3) is 0 Å². The van der Waals surface area contributed by atoms with E-state index in [2.05, 4.69) is 24.0 Å². The molecule has 1 aliphatic carbocycles. The van der Waals surface area contributed by atoms with Crippen molar-refractivity contribution in [2.24, 2.45) is 5.92 Å². The Morgan fingerprint density at radius 3 is 2.64 bits per heavy atom. The Morgan fingerprint density at radius 1 is 1.36 bits per heavy atom. The molecule has 0 aromatic heterocycles. The van der Waals surface area contributed by atoms with E-state index in [1.807, 2.05) is 0 Å². The Labute approximate surface area is 73.3 Å². The fourth-order valence-corrected chi connectivity index (χ4v) is 3.66. The lowest BCUT2D eigenvalue weighted by molar-refractivity contribution is 0.364. The molecule has 1 nitrogen and oxygen atoms in total. The molecule has 1 unspecified atom stereocenters. The van der Waals surface area contributed by atoms with Crippen molar-refractivity contribution in [2.45, 2.75) is 37.5 Å². The molecular formula is C9H17NS. The molecule has 11 heavy (non-hydrogen) atoms. The van der Waals surface area contributed by atoms with E-state index in [-0.39, 0.29) is 0 Å². The van der Waals surface area contributed by atoms with E-state index in [4.69, 9.17) is 0 Å². The fraction of sp³-hybridized carbons (Fsp3) is 1.00. The van der Waals surface area contributed by atoms with E-state index in [1.165, 1.54) is 38.0 Å². The first-order chi connectivity index (χ1) is 5.31. The van der Waals surface area contributed by atoms with Gasteiger partial charge in [0.15, 0.2) is 0 Å². The lowest BCUT2D eigenvalue weighted by Gasteiger charge is -2.30. The van der Waals surface area contributed by atoms with Crippen LogP contribution in [0.2, 0.25) is 0 Å². The van der Waals surface area contributed by atoms with Gasteiger partial charge >= 0.3 is 0 Å². The monoisotopic (exact) mass is 171 g/mol. The molecule has 2 fully saturated rings. The predicted molar refractivity (Wildman–Crippen MR) is 50.8 cm³/mol. The molecule has 2 heteroatoms. The third-order valence-corrected chi connectivity index (χ3v) is 4.60. The highest BCUT2D eigenvalue weighted by Gasteiger charge is 2.38. The molecule has 1 saturated heterocycles. The first kappa shape index (κ1) is 7.93. The van der Waals surface area contributed by atoms with Gasteiger partial charge in [0.2, 0.25) is 0 Å². The largest absolute Gasteiger partial charge is 0.302 e. The van der Waals surface area contributed by atoms with E-state index in [0.29, 0.717) is 4.87 Å². The normalized spacial score (nSPS) is 40.1. The van der Waals surface area contributed by atoms with Crippen molar-refractivity contribution in [3.63, 3.8) is 0 Å². The summed E-state index contributed by atoms with van der Waals surface area (Å²) in [5, 5.41) is 3.64. The van der Waals surface area contributed by atoms with E-state index in [9.17, 15) is 0 Å². The zero-order chi connectivity index (χ0) is 7.73. The quantitative estimate of drug-likeness (QED) is 0.649. The fourth-order valence-electron chi connectivity index (χ4n) is 2.35. The highest BCUT2D eigenvalue weighted by molar-refractivity contribution is 8.00. The molecule has 1 atom stereocenters. The van der Waals surface area contributed by atoms with Gasteiger partial charge in [-0.2, -0.15) is 0 Å². The number of thioether (sulfide) groups is 1. The predicted octanol–water partition coefficient (Wildman–Crippen LogP) is 2.23. The minimum atomic E-state index is 0.441. The van der Waals surface area contributed by atoms with Crippen molar-refractivity contribution in [3.05, 3.63) is 0 Å². The summed E-state index contributed by atoms with van der Waals surface area (Å²) in [5.74, 6) is 2.27. The van der Waals surface area contributed by atoms with Crippen molar-refractivity contribution in [2.75, 3.05) is 12.3 Å². The third-order valence-electron chi connectivity index (χ3n) is 3.11. The molecule has 64 valence electrons. The van der Waals surface area contributed by atoms with Crippen LogP contribution in [-0.4, -0.2) is 17.2 Å². The van der Waals surface area contributed by atoms with Crippen molar-refractivity contribution in [1.29, 1.82) is 0 Å². The van der Waals surface area contributed by atoms with E-state index in [0.717, 1.165) is 5.92 Å². The molecule has 1 heterocycles. The molecule has 2 rings (SSSR count). The van der Waals surface area contributed by atoms with E-state index in [1.54, 1.807) is 0 Å². The van der Waals surface area contributed by atoms with Crippen LogP contribution >= 0.6 is 11.8 Å². The van der Waals surface area contributed by atoms with Crippen LogP contribution < -0.4 is 5.32 Å². The second kappa shape index (κ2) is 2.98. The first-order valence-electron chi connectivity index (χ1n) is 4.70. The number of nitrogens with one attached hydrogen (secondary N) is 1. The topological polar surface area (TPSA) is 12.0 Å². The highest BCUT2D eigenvalue weighted by atomic mass is 32.2. The molecule has 1 N–H and O–H groups in total. The molecule has 0 aromatic carbocycles. The number of rotatable bonds is 1. The van der Waals surface area contributed by atoms with Gasteiger partial charge in [-0.05, 0) is 25.7 Å². The lowest BCUT2D eigenvalue weighted by Crippen LogP contribution is -2.40. The Morgan fingerprint density at radius 2 is 2.09 bits per heavy atom. The molecule has 0 bridgehead atoms. The minimum absolute atomic E-state index is 0.441. The Balaban J connectivity index is 2.00. The minimum Gasteiger partial charge on any atom is -0.302 e. The second-order valence-electron chi connectivity index (χ2n) is 3.86. The van der Waals surface area contributed by atoms with Crippen LogP contribution in [-0.2, 0) is 0 Å². The molecular weight excluding hydrogens is 154 g/mol. The molecule has 0 radical (unpaired) electrons. The van der Waals surface area contributed by atoms with Gasteiger partial charge in [-0.15, -0.1) is 11.8 Å². The standard InChI is InChI=1S/C9H17NS/c1-9(10-6-7-11-9)8-4-2-3-5-8/h8,10H,2-7H2,1H3. The SMILES string of the molecule is CC1(C2CCCC2)NCCS1. The van der Waals surface area contributed by atoms with Gasteiger partial charge in [-0.1, -0.05) is 12.8 Å². The first-order valence-corrected chi connectivity index (χ1v) is 5.69. The summed E-state index contributed by atoms with van der Waals surface area (Å²) in [4.78, 5) is 0.441. The summed E-state index contributed by atoms with van der Waals surface area (Å²) >= 11 is 2.13. The van der Waals surface area contributed by atoms with Crippen LogP contribution in [0.5, 0.6) is 0 Å². The zero-order valence-corrected chi connectivity index (χ0v) is 8.04. The average Bonchev–Trinajstić information content (AvgIpc) is 2.55. The van der Waals surface area contributed by atoms with E-state index >= 15 is 0 Å². The maximum atomic E-state index is 3.64. The Bertz CT molecular complexity index is 134. The molecule has 0 aromatic rings. The van der Waals surface area contributed by atoms with Crippen molar-refractivity contribution in [3.8, 4) is 0 Å². The smallest absolute Gasteiger partial charge is 0.0645 e. The summed E-state index contributed by atoms with van der Waals surface area (Å²) in [5.41, 5.74) is 0. The van der Waals surface area contributed by atoms with Crippen molar-refractivity contribution < 1.29 is 0 Å². The van der Waals surface area contributed by atoms with Gasteiger partial charge in [-0.3, -0.25) is 0 Å². The van der Waals surface area contributed by atoms with Gasteiger partial charge in [0.1, 0.15) is 0 Å². The van der Waals surface area contributed by atoms with Crippen LogP contribution in [0.15, 0.2) is 0 Å². The van der Waals surface area contributed by atoms with Gasteiger partial charge in [0, 0.05) is 12.3 Å². The van der Waals surface area contributed by atoms with Crippen LogP contribution in [0.1, 0.15) is 32.6 Å². The van der Waals surface area contributed by atoms with Gasteiger partial charge in [0.25, 0.3) is 0 Å². The Kier molecular flexibility index (Phi) is 2.15. The summed E-state index contributed by atoms with van der Waals surface area (Å²) in [6.07, 6.45) is 5.83. The van der Waals surface area contributed by atoms with Gasteiger partial charge in [0.05, 0.1) is 4.87 Å². The summed E-state index contributed by atoms with van der Waals surface area (Å²) < 4.78 is 0. The highest BCUT2D eigenvalue weighted by Crippen LogP contribution is 2.42. The van der Waals surface area contributed by atoms with E-state index < -0.39 is 0 Å². The maximum Gasteiger partial charge on any atom is 0.0645 e. The van der Waals surface area contributed by atoms with Crippen LogP contribution in [0.4, 0.5) is 0 Å². The summed E-state index contributed by atoms with van der Waals surface area (Å²) in [7, 11) is 0. The second-order valence-corrected chi connectivity index (χ2v) is 5.41. The third kappa shape index (κ3) is 1.43. The molecule has 2 aliphatic rings. The Hall–Kier alpha value is 0.310. The van der Waals surface area contributed by atoms with Crippen molar-refractivity contribution >= 4 is 11.8 Å². The molecule has 0 amide bonds. The molecule has 1 saturated carbocycles. The van der Waals surface area contributed by atoms with Crippen LogP contribution in [0, 0.1) is 5.92 Å². The number of hydrogen-bond donors (Lipinski definition) is 1. The summed E-state index contributed by atoms with van der Waals surface area (Å²) in [6, 6.07) is 0. The van der Waals surface area contributed by atoms with Gasteiger partial charge < -0.3 is 5.32 Å². The molecule has 0 spiro atoms. The number of hydrogen-bond acceptors (Lipinski definition) is 2. The molecule has 1 aliphatic heterocycles. The van der Waals surface area contributed by atoms with Crippen LogP contribution in [0.3, 0.4) is 0 Å². The van der Waals surface area contributed by atoms with Gasteiger partial charge in [-0.25, -0.2) is 0 Å². The average molecular weight is 171 g/mol. The lowest BCUT2D eigenvalue weighted by atomic mass is 9.99. The zero-order valence-electron chi connectivity index (χ0n) is 7.23. The van der Waals surface area contributed by atoms with Crippen molar-refractivity contribution in [1.82, 2.24) is 5.32 Å². The summed E-state index contributed by atoms with van der Waals surface area (Å²) in [6.45, 7) is 3.61.